The molecule has 8 heteroatoms. The molecule has 8 nitrogen and oxygen atoms in total. The number of nitrogens with one attached hydrogen (secondary N) is 2. The molecule has 0 saturated heterocycles. The Morgan fingerprint density at radius 2 is 1.47 bits per heavy atom. The summed E-state index contributed by atoms with van der Waals surface area (Å²) in [5.74, 6) is -0.711. The zero-order valence-electron chi connectivity index (χ0n) is 19.1. The number of carbonyl (C=O) groups excluding carboxylic acids is 3. The molecule has 0 radical (unpaired) electrons. The average molecular weight is 461 g/mol. The van der Waals surface area contributed by atoms with Gasteiger partial charge in [-0.2, -0.15) is 0 Å². The number of amides is 4. The van der Waals surface area contributed by atoms with Gasteiger partial charge in [-0.05, 0) is 48.9 Å². The zero-order chi connectivity index (χ0) is 24.5. The molecule has 4 amide bonds. The van der Waals surface area contributed by atoms with Crippen molar-refractivity contribution in [3.05, 3.63) is 90.5 Å². The molecule has 0 aromatic heterocycles. The Morgan fingerprint density at radius 3 is 2.09 bits per heavy atom. The SMILES string of the molecule is CC(O)c1cccc(NC(=O)NCC(=O)N(CC(=O)N(C)c2ccccc2)c2ccccc2)c1. The van der Waals surface area contributed by atoms with Crippen LogP contribution in [0.5, 0.6) is 0 Å². The Balaban J connectivity index is 1.65. The van der Waals surface area contributed by atoms with Crippen molar-refractivity contribution in [2.24, 2.45) is 0 Å². The van der Waals surface area contributed by atoms with Gasteiger partial charge in [-0.3, -0.25) is 9.59 Å². The van der Waals surface area contributed by atoms with Gasteiger partial charge in [0.1, 0.15) is 6.54 Å². The lowest BCUT2D eigenvalue weighted by molar-refractivity contribution is -0.121. The van der Waals surface area contributed by atoms with Gasteiger partial charge in [0.05, 0.1) is 12.6 Å². The topological polar surface area (TPSA) is 102 Å². The molecule has 176 valence electrons. The van der Waals surface area contributed by atoms with Crippen molar-refractivity contribution >= 4 is 34.9 Å². The number of aliphatic hydroxyl groups is 1. The van der Waals surface area contributed by atoms with E-state index in [2.05, 4.69) is 10.6 Å². The molecule has 34 heavy (non-hydrogen) atoms. The van der Waals surface area contributed by atoms with E-state index in [9.17, 15) is 19.5 Å². The fourth-order valence-electron chi connectivity index (χ4n) is 3.27. The van der Waals surface area contributed by atoms with Gasteiger partial charge >= 0.3 is 6.03 Å². The van der Waals surface area contributed by atoms with Gasteiger partial charge in [0, 0.05) is 24.1 Å². The first-order valence-corrected chi connectivity index (χ1v) is 10.8. The number of rotatable bonds is 8. The van der Waals surface area contributed by atoms with Crippen LogP contribution in [0.1, 0.15) is 18.6 Å². The number of carbonyl (C=O) groups is 3. The van der Waals surface area contributed by atoms with E-state index in [1.165, 1.54) is 9.80 Å². The summed E-state index contributed by atoms with van der Waals surface area (Å²) in [4.78, 5) is 41.1. The molecule has 0 aliphatic rings. The number of nitrogens with zero attached hydrogens (tertiary/aromatic N) is 2. The van der Waals surface area contributed by atoms with Gasteiger partial charge in [0.2, 0.25) is 11.8 Å². The average Bonchev–Trinajstić information content (AvgIpc) is 2.86. The molecule has 3 N–H and O–H groups in total. The van der Waals surface area contributed by atoms with Crippen LogP contribution in [0.25, 0.3) is 0 Å². The molecule has 3 aromatic rings. The lowest BCUT2D eigenvalue weighted by Gasteiger charge is -2.25. The highest BCUT2D eigenvalue weighted by Crippen LogP contribution is 2.18. The first-order valence-electron chi connectivity index (χ1n) is 10.8. The minimum Gasteiger partial charge on any atom is -0.389 e. The molecular weight excluding hydrogens is 432 g/mol. The van der Waals surface area contributed by atoms with Gasteiger partial charge in [-0.15, -0.1) is 0 Å². The summed E-state index contributed by atoms with van der Waals surface area (Å²) >= 11 is 0. The maximum absolute atomic E-state index is 13.0. The van der Waals surface area contributed by atoms with Crippen molar-refractivity contribution in [3.63, 3.8) is 0 Å². The summed E-state index contributed by atoms with van der Waals surface area (Å²) in [5.41, 5.74) is 2.41. The van der Waals surface area contributed by atoms with Crippen molar-refractivity contribution in [2.45, 2.75) is 13.0 Å². The molecule has 1 unspecified atom stereocenters. The molecular formula is C26H28N4O4. The second-order valence-electron chi connectivity index (χ2n) is 7.71. The molecule has 1 atom stereocenters. The fourth-order valence-corrected chi connectivity index (χ4v) is 3.27. The number of hydrogen-bond acceptors (Lipinski definition) is 4. The monoisotopic (exact) mass is 460 g/mol. The first kappa shape index (κ1) is 24.5. The van der Waals surface area contributed by atoms with Crippen molar-refractivity contribution in [2.75, 3.05) is 35.3 Å². The Hall–Kier alpha value is -4.17. The summed E-state index contributed by atoms with van der Waals surface area (Å²) in [6.07, 6.45) is -0.669. The summed E-state index contributed by atoms with van der Waals surface area (Å²) in [6.45, 7) is 1.14. The number of hydrogen-bond donors (Lipinski definition) is 3. The van der Waals surface area contributed by atoms with E-state index < -0.39 is 18.0 Å². The Labute approximate surface area is 198 Å². The minimum absolute atomic E-state index is 0.187. The van der Waals surface area contributed by atoms with Gasteiger partial charge in [0.15, 0.2) is 0 Å². The van der Waals surface area contributed by atoms with E-state index >= 15 is 0 Å². The zero-order valence-corrected chi connectivity index (χ0v) is 19.1. The maximum Gasteiger partial charge on any atom is 0.319 e. The molecule has 3 aromatic carbocycles. The molecule has 0 spiro atoms. The first-order chi connectivity index (χ1) is 16.3. The summed E-state index contributed by atoms with van der Waals surface area (Å²) < 4.78 is 0. The van der Waals surface area contributed by atoms with Crippen molar-refractivity contribution in [1.29, 1.82) is 0 Å². The van der Waals surface area contributed by atoms with E-state index in [0.29, 0.717) is 22.6 Å². The smallest absolute Gasteiger partial charge is 0.319 e. The maximum atomic E-state index is 13.0. The number of benzene rings is 3. The van der Waals surface area contributed by atoms with Gasteiger partial charge in [-0.1, -0.05) is 48.5 Å². The van der Waals surface area contributed by atoms with Crippen LogP contribution in [0.4, 0.5) is 21.9 Å². The standard InChI is InChI=1S/C26H28N4O4/c1-19(31)20-10-9-11-21(16-20)28-26(34)27-17-24(32)30(23-14-7-4-8-15-23)18-25(33)29(2)22-12-5-3-6-13-22/h3-16,19,31H,17-18H2,1-2H3,(H2,27,28,34). The predicted octanol–water partition coefficient (Wildman–Crippen LogP) is 3.56. The third-order valence-electron chi connectivity index (χ3n) is 5.21. The molecule has 0 saturated carbocycles. The summed E-state index contributed by atoms with van der Waals surface area (Å²) in [5, 5.41) is 14.9. The third kappa shape index (κ3) is 6.66. The molecule has 3 rings (SSSR count). The normalized spacial score (nSPS) is 11.3. The van der Waals surface area contributed by atoms with Gasteiger partial charge in [0.25, 0.3) is 0 Å². The van der Waals surface area contributed by atoms with Crippen LogP contribution >= 0.6 is 0 Å². The van der Waals surface area contributed by atoms with Gasteiger partial charge in [-0.25, -0.2) is 4.79 Å². The summed E-state index contributed by atoms with van der Waals surface area (Å²) in [7, 11) is 1.65. The molecule has 0 aliphatic heterocycles. The van der Waals surface area contributed by atoms with E-state index in [4.69, 9.17) is 0 Å². The summed E-state index contributed by atoms with van der Waals surface area (Å²) in [6, 6.07) is 24.2. The van der Waals surface area contributed by atoms with E-state index in [1.54, 1.807) is 62.5 Å². The number of anilines is 3. The van der Waals surface area contributed by atoms with Crippen molar-refractivity contribution in [1.82, 2.24) is 5.32 Å². The number of aliphatic hydroxyl groups excluding tert-OH is 1. The van der Waals surface area contributed by atoms with Crippen LogP contribution in [-0.2, 0) is 9.59 Å². The van der Waals surface area contributed by atoms with E-state index in [1.807, 2.05) is 36.4 Å². The molecule has 0 fully saturated rings. The van der Waals surface area contributed by atoms with E-state index in [-0.39, 0.29) is 19.0 Å². The molecule has 0 bridgehead atoms. The van der Waals surface area contributed by atoms with Crippen LogP contribution in [0.3, 0.4) is 0 Å². The lowest BCUT2D eigenvalue weighted by atomic mass is 10.1. The van der Waals surface area contributed by atoms with Crippen LogP contribution < -0.4 is 20.4 Å². The highest BCUT2D eigenvalue weighted by molar-refractivity contribution is 6.05. The Morgan fingerprint density at radius 1 is 0.853 bits per heavy atom. The van der Waals surface area contributed by atoms with Crippen LogP contribution in [0, 0.1) is 0 Å². The van der Waals surface area contributed by atoms with Gasteiger partial charge < -0.3 is 25.5 Å². The molecule has 0 aliphatic carbocycles. The number of para-hydroxylation sites is 2. The van der Waals surface area contributed by atoms with E-state index in [0.717, 1.165) is 0 Å². The second-order valence-corrected chi connectivity index (χ2v) is 7.71. The Bertz CT molecular complexity index is 1120. The molecule has 0 heterocycles. The fraction of sp³-hybridized carbons (Fsp3) is 0.192. The van der Waals surface area contributed by atoms with Crippen LogP contribution in [-0.4, -0.2) is 43.1 Å². The predicted molar refractivity (Wildman–Crippen MR) is 133 cm³/mol. The van der Waals surface area contributed by atoms with Crippen LogP contribution in [0.15, 0.2) is 84.9 Å². The quantitative estimate of drug-likeness (QED) is 0.478. The highest BCUT2D eigenvalue weighted by atomic mass is 16.3. The third-order valence-corrected chi connectivity index (χ3v) is 5.21. The highest BCUT2D eigenvalue weighted by Gasteiger charge is 2.22. The van der Waals surface area contributed by atoms with Crippen LogP contribution in [0.2, 0.25) is 0 Å². The second kappa shape index (κ2) is 11.6. The lowest BCUT2D eigenvalue weighted by Crippen LogP contribution is -2.46. The van der Waals surface area contributed by atoms with Crippen molar-refractivity contribution < 1.29 is 19.5 Å². The van der Waals surface area contributed by atoms with Crippen molar-refractivity contribution in [3.8, 4) is 0 Å². The largest absolute Gasteiger partial charge is 0.389 e. The number of urea groups is 1. The minimum atomic E-state index is -0.669. The Kier molecular flexibility index (Phi) is 8.37. The number of likely N-dealkylation sites (N-methyl/N-ethyl adjacent to an activating group) is 1.